The molecule has 0 aromatic rings. The fourth-order valence-electron chi connectivity index (χ4n) is 1.98. The lowest BCUT2D eigenvalue weighted by molar-refractivity contribution is 0.189. The van der Waals surface area contributed by atoms with Crippen molar-refractivity contribution in [3.05, 3.63) is 0 Å². The van der Waals surface area contributed by atoms with Crippen LogP contribution >= 0.6 is 23.5 Å². The summed E-state index contributed by atoms with van der Waals surface area (Å²) in [6.07, 6.45) is 2.39. The van der Waals surface area contributed by atoms with Gasteiger partial charge in [0.2, 0.25) is 0 Å². The summed E-state index contributed by atoms with van der Waals surface area (Å²) < 4.78 is 5.12. The number of rotatable bonds is 6. The molecule has 0 radical (unpaired) electrons. The highest BCUT2D eigenvalue weighted by Crippen LogP contribution is 2.37. The van der Waals surface area contributed by atoms with Crippen LogP contribution in [-0.2, 0) is 4.74 Å². The van der Waals surface area contributed by atoms with Crippen molar-refractivity contribution < 1.29 is 4.74 Å². The number of hydrogen-bond donors (Lipinski definition) is 1. The molecule has 0 bridgehead atoms. The molecular formula is C12H25NOS2. The summed E-state index contributed by atoms with van der Waals surface area (Å²) in [6, 6.07) is 0.641. The second-order valence-corrected chi connectivity index (χ2v) is 7.48. The van der Waals surface area contributed by atoms with Crippen LogP contribution in [0, 0.1) is 0 Å². The number of hydrogen-bond acceptors (Lipinski definition) is 4. The maximum absolute atomic E-state index is 5.12. The highest BCUT2D eigenvalue weighted by atomic mass is 32.2. The van der Waals surface area contributed by atoms with Gasteiger partial charge in [0, 0.05) is 41.3 Å². The number of ether oxygens (including phenoxy) is 1. The van der Waals surface area contributed by atoms with E-state index in [2.05, 4.69) is 49.7 Å². The first-order valence-corrected chi connectivity index (χ1v) is 8.11. The molecule has 1 N–H and O–H groups in total. The predicted octanol–water partition coefficient (Wildman–Crippen LogP) is 2.63. The molecule has 1 aliphatic rings. The highest BCUT2D eigenvalue weighted by Gasteiger charge is 2.30. The van der Waals surface area contributed by atoms with E-state index in [0.29, 0.717) is 6.04 Å². The zero-order valence-electron chi connectivity index (χ0n) is 10.9. The Hall–Kier alpha value is 0.620. The molecule has 2 nitrogen and oxygen atoms in total. The van der Waals surface area contributed by atoms with E-state index in [4.69, 9.17) is 4.74 Å². The first-order valence-electron chi connectivity index (χ1n) is 6.12. The van der Waals surface area contributed by atoms with Crippen LogP contribution in [0.2, 0.25) is 0 Å². The van der Waals surface area contributed by atoms with E-state index < -0.39 is 0 Å². The van der Waals surface area contributed by atoms with Crippen molar-refractivity contribution in [1.29, 1.82) is 0 Å². The molecule has 0 aromatic carbocycles. The van der Waals surface area contributed by atoms with Crippen molar-refractivity contribution >= 4 is 23.5 Å². The van der Waals surface area contributed by atoms with Crippen LogP contribution < -0.4 is 5.32 Å². The first kappa shape index (κ1) is 14.7. The largest absolute Gasteiger partial charge is 0.385 e. The van der Waals surface area contributed by atoms with Gasteiger partial charge < -0.3 is 10.1 Å². The van der Waals surface area contributed by atoms with Crippen molar-refractivity contribution in [3.8, 4) is 0 Å². The van der Waals surface area contributed by atoms with E-state index >= 15 is 0 Å². The van der Waals surface area contributed by atoms with Gasteiger partial charge in [0.1, 0.15) is 0 Å². The molecule has 1 heterocycles. The van der Waals surface area contributed by atoms with E-state index in [1.807, 2.05) is 0 Å². The van der Waals surface area contributed by atoms with Crippen LogP contribution in [0.25, 0.3) is 0 Å². The fraction of sp³-hybridized carbons (Fsp3) is 1.00. The van der Waals surface area contributed by atoms with Gasteiger partial charge in [-0.05, 0) is 19.9 Å². The predicted molar refractivity (Wildman–Crippen MR) is 76.7 cm³/mol. The zero-order chi connectivity index (χ0) is 12.0. The fourth-order valence-corrected chi connectivity index (χ4v) is 5.19. The summed E-state index contributed by atoms with van der Waals surface area (Å²) in [5, 5.41) is 5.82. The second-order valence-electron chi connectivity index (χ2n) is 4.45. The molecule has 16 heavy (non-hydrogen) atoms. The van der Waals surface area contributed by atoms with Gasteiger partial charge in [-0.15, -0.1) is 0 Å². The Balaban J connectivity index is 2.34. The van der Waals surface area contributed by atoms with Crippen LogP contribution in [0.3, 0.4) is 0 Å². The molecule has 1 aliphatic heterocycles. The van der Waals surface area contributed by atoms with Crippen LogP contribution in [0.4, 0.5) is 0 Å². The van der Waals surface area contributed by atoms with Crippen molar-refractivity contribution in [3.63, 3.8) is 0 Å². The van der Waals surface area contributed by atoms with Crippen molar-refractivity contribution in [2.75, 3.05) is 26.5 Å². The Kier molecular flexibility index (Phi) is 7.20. The summed E-state index contributed by atoms with van der Waals surface area (Å²) in [7, 11) is 3.87. The first-order chi connectivity index (χ1) is 7.69. The molecule has 1 fully saturated rings. The van der Waals surface area contributed by atoms with E-state index in [9.17, 15) is 0 Å². The zero-order valence-corrected chi connectivity index (χ0v) is 12.5. The molecule has 1 rings (SSSR count). The Morgan fingerprint density at radius 2 is 2.12 bits per heavy atom. The molecule has 4 heteroatoms. The highest BCUT2D eigenvalue weighted by molar-refractivity contribution is 8.07. The minimum Gasteiger partial charge on any atom is -0.385 e. The minimum absolute atomic E-state index is 0.641. The molecule has 1 saturated heterocycles. The van der Waals surface area contributed by atoms with Crippen molar-refractivity contribution in [2.24, 2.45) is 0 Å². The minimum atomic E-state index is 0.641. The Bertz CT molecular complexity index is 192. The van der Waals surface area contributed by atoms with E-state index in [0.717, 1.165) is 28.8 Å². The average Bonchev–Trinajstić information content (AvgIpc) is 2.29. The lowest BCUT2D eigenvalue weighted by Crippen LogP contribution is -2.41. The molecule has 0 aliphatic carbocycles. The van der Waals surface area contributed by atoms with Gasteiger partial charge in [-0.1, -0.05) is 13.8 Å². The summed E-state index contributed by atoms with van der Waals surface area (Å²) in [6.45, 7) is 5.59. The summed E-state index contributed by atoms with van der Waals surface area (Å²) in [5.74, 6) is 1.29. The Morgan fingerprint density at radius 1 is 1.38 bits per heavy atom. The van der Waals surface area contributed by atoms with Crippen LogP contribution in [-0.4, -0.2) is 48.3 Å². The molecule has 0 amide bonds. The summed E-state index contributed by atoms with van der Waals surface area (Å²) in [5.41, 5.74) is 0. The monoisotopic (exact) mass is 263 g/mol. The molecule has 4 atom stereocenters. The molecule has 0 aromatic heterocycles. The summed E-state index contributed by atoms with van der Waals surface area (Å²) in [4.78, 5) is 0. The SMILES string of the molecule is CNC(CCCOC)C1CSC(C)C(C)S1. The molecule has 96 valence electrons. The van der Waals surface area contributed by atoms with Gasteiger partial charge in [-0.3, -0.25) is 0 Å². The van der Waals surface area contributed by atoms with Gasteiger partial charge in [0.05, 0.1) is 0 Å². The van der Waals surface area contributed by atoms with E-state index in [1.165, 1.54) is 12.2 Å². The number of thioether (sulfide) groups is 2. The normalized spacial score (nSPS) is 32.6. The lowest BCUT2D eigenvalue weighted by atomic mass is 10.1. The van der Waals surface area contributed by atoms with E-state index in [-0.39, 0.29) is 0 Å². The van der Waals surface area contributed by atoms with Gasteiger partial charge >= 0.3 is 0 Å². The van der Waals surface area contributed by atoms with Gasteiger partial charge in [-0.25, -0.2) is 0 Å². The lowest BCUT2D eigenvalue weighted by Gasteiger charge is -2.35. The Morgan fingerprint density at radius 3 is 2.69 bits per heavy atom. The van der Waals surface area contributed by atoms with Gasteiger partial charge in [-0.2, -0.15) is 23.5 Å². The van der Waals surface area contributed by atoms with Crippen LogP contribution in [0.1, 0.15) is 26.7 Å². The van der Waals surface area contributed by atoms with E-state index in [1.54, 1.807) is 7.11 Å². The Labute approximate surface area is 109 Å². The number of methoxy groups -OCH3 is 1. The number of nitrogens with one attached hydrogen (secondary N) is 1. The third kappa shape index (κ3) is 4.47. The molecule has 0 spiro atoms. The third-order valence-electron chi connectivity index (χ3n) is 3.26. The van der Waals surface area contributed by atoms with Gasteiger partial charge in [0.15, 0.2) is 0 Å². The molecule has 4 unspecified atom stereocenters. The maximum Gasteiger partial charge on any atom is 0.0462 e. The second kappa shape index (κ2) is 7.85. The average molecular weight is 263 g/mol. The smallest absolute Gasteiger partial charge is 0.0462 e. The van der Waals surface area contributed by atoms with Gasteiger partial charge in [0.25, 0.3) is 0 Å². The standard InChI is InChI=1S/C12H25NOS2/c1-9-10(2)16-12(8-15-9)11(13-3)6-5-7-14-4/h9-13H,5-8H2,1-4H3. The molecule has 0 saturated carbocycles. The maximum atomic E-state index is 5.12. The topological polar surface area (TPSA) is 21.3 Å². The quantitative estimate of drug-likeness (QED) is 0.743. The van der Waals surface area contributed by atoms with Crippen LogP contribution in [0.15, 0.2) is 0 Å². The third-order valence-corrected chi connectivity index (χ3v) is 6.81. The van der Waals surface area contributed by atoms with Crippen molar-refractivity contribution in [1.82, 2.24) is 5.32 Å². The molecular weight excluding hydrogens is 238 g/mol. The summed E-state index contributed by atoms with van der Waals surface area (Å²) >= 11 is 4.29. The van der Waals surface area contributed by atoms with Crippen molar-refractivity contribution in [2.45, 2.75) is 48.5 Å². The van der Waals surface area contributed by atoms with Crippen LogP contribution in [0.5, 0.6) is 0 Å².